The number of anilines is 1. The van der Waals surface area contributed by atoms with E-state index in [0.29, 0.717) is 47.2 Å². The molecule has 5 rings (SSSR count). The number of hydrogen-bond donors (Lipinski definition) is 2. The van der Waals surface area contributed by atoms with E-state index in [0.717, 1.165) is 24.4 Å². The predicted molar refractivity (Wildman–Crippen MR) is 147 cm³/mol. The van der Waals surface area contributed by atoms with Gasteiger partial charge < -0.3 is 19.9 Å². The third-order valence-corrected chi connectivity index (χ3v) is 9.67. The second-order valence-corrected chi connectivity index (χ2v) is 13.1. The first kappa shape index (κ1) is 28.0. The van der Waals surface area contributed by atoms with Crippen LogP contribution in [0.1, 0.15) is 22.5 Å². The Labute approximate surface area is 236 Å². The number of hydrogen-bond acceptors (Lipinski definition) is 8. The summed E-state index contributed by atoms with van der Waals surface area (Å²) < 4.78 is 35.1. The van der Waals surface area contributed by atoms with Crippen LogP contribution in [0.3, 0.4) is 0 Å². The Balaban J connectivity index is 1.32. The van der Waals surface area contributed by atoms with Crippen LogP contribution in [0.15, 0.2) is 41.3 Å². The third-order valence-electron chi connectivity index (χ3n) is 6.97. The van der Waals surface area contributed by atoms with Crippen molar-refractivity contribution >= 4 is 56.4 Å². The normalized spacial score (nSPS) is 19.7. The highest BCUT2D eigenvalue weighted by atomic mass is 35.5. The maximum absolute atomic E-state index is 13.6. The lowest BCUT2D eigenvalue weighted by Gasteiger charge is -2.36. The van der Waals surface area contributed by atoms with E-state index in [1.807, 2.05) is 0 Å². The number of rotatable bonds is 9. The predicted octanol–water partition coefficient (Wildman–Crippen LogP) is 1.15. The summed E-state index contributed by atoms with van der Waals surface area (Å²) in [7, 11) is -4.19. The maximum atomic E-state index is 13.6. The fraction of sp³-hybridized carbons (Fsp3) is 0.480. The van der Waals surface area contributed by atoms with Gasteiger partial charge in [-0.15, -0.1) is 11.3 Å². The van der Waals surface area contributed by atoms with Gasteiger partial charge in [0.2, 0.25) is 15.9 Å². The summed E-state index contributed by atoms with van der Waals surface area (Å²) in [4.78, 5) is 44.2. The Hall–Kier alpha value is -2.55. The minimum atomic E-state index is -4.19. The first-order valence-electron chi connectivity index (χ1n) is 12.8. The van der Waals surface area contributed by atoms with Crippen LogP contribution in [-0.4, -0.2) is 101 Å². The lowest BCUT2D eigenvalue weighted by atomic mass is 10.2. The van der Waals surface area contributed by atoms with Gasteiger partial charge >= 0.3 is 0 Å². The van der Waals surface area contributed by atoms with Crippen molar-refractivity contribution in [3.63, 3.8) is 0 Å². The molecule has 39 heavy (non-hydrogen) atoms. The van der Waals surface area contributed by atoms with Crippen molar-refractivity contribution < 1.29 is 27.5 Å². The SMILES string of the molecule is O=C(NC[C@H](NS(=O)(=O)c1cccc(N2CCOCC2=O)c1)C(=O)N1CCN(C2CC2)CC1)c1ccc(Cl)s1. The van der Waals surface area contributed by atoms with Gasteiger partial charge in [0.15, 0.2) is 0 Å². The average molecular weight is 596 g/mol. The van der Waals surface area contributed by atoms with E-state index >= 15 is 0 Å². The molecule has 0 bridgehead atoms. The summed E-state index contributed by atoms with van der Waals surface area (Å²) in [5, 5.41) is 2.67. The number of carbonyl (C=O) groups excluding carboxylic acids is 3. The van der Waals surface area contributed by atoms with Crippen LogP contribution >= 0.6 is 22.9 Å². The zero-order valence-corrected chi connectivity index (χ0v) is 23.6. The molecule has 11 nitrogen and oxygen atoms in total. The molecule has 3 aliphatic rings. The van der Waals surface area contributed by atoms with Gasteiger partial charge in [-0.2, -0.15) is 4.72 Å². The molecule has 2 aromatic rings. The van der Waals surface area contributed by atoms with Gasteiger partial charge in [0.25, 0.3) is 11.8 Å². The smallest absolute Gasteiger partial charge is 0.261 e. The van der Waals surface area contributed by atoms with E-state index in [1.54, 1.807) is 29.2 Å². The second kappa shape index (κ2) is 11.9. The molecule has 210 valence electrons. The Morgan fingerprint density at radius 1 is 1.10 bits per heavy atom. The summed E-state index contributed by atoms with van der Waals surface area (Å²) in [6, 6.07) is 8.51. The fourth-order valence-electron chi connectivity index (χ4n) is 4.73. The highest BCUT2D eigenvalue weighted by Gasteiger charge is 2.35. The van der Waals surface area contributed by atoms with Gasteiger partial charge in [-0.1, -0.05) is 17.7 Å². The van der Waals surface area contributed by atoms with Crippen LogP contribution in [0, 0.1) is 0 Å². The third kappa shape index (κ3) is 6.79. The minimum absolute atomic E-state index is 0.0744. The first-order chi connectivity index (χ1) is 18.7. The average Bonchev–Trinajstić information content (AvgIpc) is 3.70. The number of benzene rings is 1. The van der Waals surface area contributed by atoms with Gasteiger partial charge in [0.1, 0.15) is 12.6 Å². The molecule has 2 N–H and O–H groups in total. The molecule has 0 radical (unpaired) electrons. The molecule has 14 heteroatoms. The number of thiophene rings is 1. The van der Waals surface area contributed by atoms with Crippen molar-refractivity contribution in [3.05, 3.63) is 45.6 Å². The highest BCUT2D eigenvalue weighted by molar-refractivity contribution is 7.89. The van der Waals surface area contributed by atoms with Crippen LogP contribution in [-0.2, 0) is 24.3 Å². The molecule has 2 aliphatic heterocycles. The van der Waals surface area contributed by atoms with Crippen molar-refractivity contribution in [2.45, 2.75) is 29.8 Å². The summed E-state index contributed by atoms with van der Waals surface area (Å²) in [6.45, 7) is 2.76. The van der Waals surface area contributed by atoms with Gasteiger partial charge in [-0.25, -0.2) is 8.42 Å². The van der Waals surface area contributed by atoms with Crippen LogP contribution in [0.2, 0.25) is 4.34 Å². The van der Waals surface area contributed by atoms with E-state index in [1.165, 1.54) is 29.9 Å². The van der Waals surface area contributed by atoms with Gasteiger partial charge in [0, 0.05) is 51.0 Å². The molecule has 0 spiro atoms. The molecule has 2 saturated heterocycles. The van der Waals surface area contributed by atoms with Crippen molar-refractivity contribution in [2.24, 2.45) is 0 Å². The Morgan fingerprint density at radius 3 is 2.54 bits per heavy atom. The van der Waals surface area contributed by atoms with Crippen molar-refractivity contribution in [1.82, 2.24) is 19.8 Å². The number of nitrogens with one attached hydrogen (secondary N) is 2. The number of ether oxygens (including phenoxy) is 1. The van der Waals surface area contributed by atoms with Crippen molar-refractivity contribution in [1.29, 1.82) is 0 Å². The number of nitrogens with zero attached hydrogens (tertiary/aromatic N) is 3. The van der Waals surface area contributed by atoms with Crippen LogP contribution < -0.4 is 14.9 Å². The van der Waals surface area contributed by atoms with E-state index in [-0.39, 0.29) is 24.0 Å². The summed E-state index contributed by atoms with van der Waals surface area (Å²) >= 11 is 7.03. The Kier molecular flexibility index (Phi) is 8.55. The molecule has 3 heterocycles. The van der Waals surface area contributed by atoms with E-state index < -0.39 is 27.9 Å². The molecule has 3 amide bonds. The molecule has 3 fully saturated rings. The largest absolute Gasteiger partial charge is 0.370 e. The minimum Gasteiger partial charge on any atom is -0.370 e. The van der Waals surface area contributed by atoms with Gasteiger partial charge in [0.05, 0.1) is 20.7 Å². The lowest BCUT2D eigenvalue weighted by molar-refractivity contribution is -0.134. The standard InChI is InChI=1S/C25H30ClN5O6S2/c26-22-7-6-21(38-22)24(33)27-15-20(25(34)30-10-8-29(9-11-30)17-4-5-17)28-39(35,36)19-3-1-2-18(14-19)31-12-13-37-16-23(31)32/h1-3,6-7,14,17,20,28H,4-5,8-13,15-16H2,(H,27,33)/t20-/m0/s1. The number of piperazine rings is 1. The highest BCUT2D eigenvalue weighted by Crippen LogP contribution is 2.28. The zero-order valence-electron chi connectivity index (χ0n) is 21.2. The maximum Gasteiger partial charge on any atom is 0.261 e. The van der Waals surface area contributed by atoms with Crippen molar-refractivity contribution in [2.75, 3.05) is 57.4 Å². The summed E-state index contributed by atoms with van der Waals surface area (Å²) in [6.07, 6.45) is 2.34. The Morgan fingerprint density at radius 2 is 1.87 bits per heavy atom. The van der Waals surface area contributed by atoms with E-state index in [9.17, 15) is 22.8 Å². The van der Waals surface area contributed by atoms with Crippen LogP contribution in [0.25, 0.3) is 0 Å². The number of amides is 3. The summed E-state index contributed by atoms with van der Waals surface area (Å²) in [5.41, 5.74) is 0.424. The van der Waals surface area contributed by atoms with Crippen molar-refractivity contribution in [3.8, 4) is 0 Å². The topological polar surface area (TPSA) is 128 Å². The number of halogens is 1. The summed E-state index contributed by atoms with van der Waals surface area (Å²) in [5.74, 6) is -1.12. The van der Waals surface area contributed by atoms with E-state index in [4.69, 9.17) is 16.3 Å². The van der Waals surface area contributed by atoms with Crippen LogP contribution in [0.4, 0.5) is 5.69 Å². The quantitative estimate of drug-likeness (QED) is 0.445. The number of sulfonamides is 1. The number of morpholine rings is 1. The first-order valence-corrected chi connectivity index (χ1v) is 15.5. The lowest BCUT2D eigenvalue weighted by Crippen LogP contribution is -2.57. The Bertz CT molecular complexity index is 1340. The van der Waals surface area contributed by atoms with Crippen LogP contribution in [0.5, 0.6) is 0 Å². The molecule has 1 aromatic heterocycles. The molecular formula is C25H30ClN5O6S2. The van der Waals surface area contributed by atoms with Gasteiger partial charge in [-0.05, 0) is 43.2 Å². The zero-order chi connectivity index (χ0) is 27.6. The van der Waals surface area contributed by atoms with E-state index in [2.05, 4.69) is 14.9 Å². The number of carbonyl (C=O) groups is 3. The molecule has 1 aliphatic carbocycles. The molecule has 0 unspecified atom stereocenters. The second-order valence-electron chi connectivity index (χ2n) is 9.68. The molecule has 1 saturated carbocycles. The van der Waals surface area contributed by atoms with Gasteiger partial charge in [-0.3, -0.25) is 19.3 Å². The molecule has 1 atom stereocenters. The molecular weight excluding hydrogens is 566 g/mol. The fourth-order valence-corrected chi connectivity index (χ4v) is 6.92. The molecule has 1 aromatic carbocycles. The monoisotopic (exact) mass is 595 g/mol.